The Morgan fingerprint density at radius 2 is 2.36 bits per heavy atom. The van der Waals surface area contributed by atoms with Crippen LogP contribution in [0.25, 0.3) is 0 Å². The molecule has 0 amide bonds. The zero-order valence-corrected chi connectivity index (χ0v) is 7.64. The molecule has 3 aliphatic rings. The summed E-state index contributed by atoms with van der Waals surface area (Å²) in [4.78, 5) is 11.3. The molecule has 14 heavy (non-hydrogen) atoms. The van der Waals surface area contributed by atoms with Crippen LogP contribution < -0.4 is 0 Å². The number of epoxide rings is 1. The van der Waals surface area contributed by atoms with Crippen LogP contribution in [0.2, 0.25) is 0 Å². The lowest BCUT2D eigenvalue weighted by Gasteiger charge is -2.16. The van der Waals surface area contributed by atoms with Crippen molar-refractivity contribution in [3.8, 4) is 0 Å². The van der Waals surface area contributed by atoms with Gasteiger partial charge in [0.25, 0.3) is 0 Å². The van der Waals surface area contributed by atoms with E-state index in [-0.39, 0.29) is 37.2 Å². The SMILES string of the molecule is COC(=O)C1=C[C@H]2OCO[C@H]2[C@@H]2O[C@H]12. The fourth-order valence-electron chi connectivity index (χ4n) is 2.01. The van der Waals surface area contributed by atoms with Crippen molar-refractivity contribution >= 4 is 5.97 Å². The van der Waals surface area contributed by atoms with Gasteiger partial charge in [-0.25, -0.2) is 4.79 Å². The van der Waals surface area contributed by atoms with Gasteiger partial charge >= 0.3 is 5.97 Å². The molecule has 2 aliphatic heterocycles. The molecule has 3 rings (SSSR count). The summed E-state index contributed by atoms with van der Waals surface area (Å²) in [5, 5.41) is 0. The van der Waals surface area contributed by atoms with Crippen molar-refractivity contribution in [2.24, 2.45) is 0 Å². The molecule has 5 heteroatoms. The van der Waals surface area contributed by atoms with Crippen molar-refractivity contribution in [3.63, 3.8) is 0 Å². The lowest BCUT2D eigenvalue weighted by atomic mass is 9.95. The second-order valence-corrected chi connectivity index (χ2v) is 3.52. The van der Waals surface area contributed by atoms with Gasteiger partial charge in [-0.15, -0.1) is 0 Å². The van der Waals surface area contributed by atoms with Crippen LogP contribution in [-0.4, -0.2) is 44.3 Å². The van der Waals surface area contributed by atoms with Crippen LogP contribution in [0, 0.1) is 0 Å². The largest absolute Gasteiger partial charge is 0.466 e. The molecule has 2 saturated heterocycles. The molecule has 0 bridgehead atoms. The number of hydrogen-bond donors (Lipinski definition) is 0. The van der Waals surface area contributed by atoms with E-state index < -0.39 is 0 Å². The third-order valence-corrected chi connectivity index (χ3v) is 2.77. The van der Waals surface area contributed by atoms with Crippen molar-refractivity contribution in [3.05, 3.63) is 11.6 Å². The molecule has 0 unspecified atom stereocenters. The number of fused-ring (bicyclic) bond motifs is 3. The number of methoxy groups -OCH3 is 1. The topological polar surface area (TPSA) is 57.3 Å². The molecule has 0 spiro atoms. The highest BCUT2D eigenvalue weighted by molar-refractivity contribution is 5.90. The summed E-state index contributed by atoms with van der Waals surface area (Å²) in [5.74, 6) is -0.341. The predicted molar refractivity (Wildman–Crippen MR) is 43.4 cm³/mol. The maximum absolute atomic E-state index is 11.3. The average Bonchev–Trinajstić information content (AvgIpc) is 2.87. The van der Waals surface area contributed by atoms with Crippen LogP contribution in [0.1, 0.15) is 0 Å². The highest BCUT2D eigenvalue weighted by atomic mass is 16.7. The van der Waals surface area contributed by atoms with Gasteiger partial charge in [-0.05, 0) is 6.08 Å². The number of hydrogen-bond acceptors (Lipinski definition) is 5. The minimum Gasteiger partial charge on any atom is -0.466 e. The normalized spacial score (nSPS) is 43.6. The molecular weight excluding hydrogens is 188 g/mol. The first kappa shape index (κ1) is 8.40. The van der Waals surface area contributed by atoms with Crippen LogP contribution in [0.15, 0.2) is 11.6 Å². The standard InChI is InChI=1S/C9H10O5/c1-11-9(10)4-2-5-7(13-3-12-5)8-6(4)14-8/h2,5-8H,3H2,1H3/t5-,6-,7-,8-/m1/s1. The lowest BCUT2D eigenvalue weighted by molar-refractivity contribution is -0.136. The summed E-state index contributed by atoms with van der Waals surface area (Å²) >= 11 is 0. The van der Waals surface area contributed by atoms with Gasteiger partial charge in [0.05, 0.1) is 12.7 Å². The smallest absolute Gasteiger partial charge is 0.336 e. The summed E-state index contributed by atoms with van der Waals surface area (Å²) in [6, 6.07) is 0. The number of rotatable bonds is 1. The second-order valence-electron chi connectivity index (χ2n) is 3.52. The molecule has 0 saturated carbocycles. The highest BCUT2D eigenvalue weighted by Gasteiger charge is 2.57. The van der Waals surface area contributed by atoms with Gasteiger partial charge in [0.15, 0.2) is 0 Å². The maximum atomic E-state index is 11.3. The summed E-state index contributed by atoms with van der Waals surface area (Å²) < 4.78 is 20.6. The third-order valence-electron chi connectivity index (χ3n) is 2.77. The van der Waals surface area contributed by atoms with Crippen molar-refractivity contribution in [2.75, 3.05) is 13.9 Å². The molecule has 2 heterocycles. The van der Waals surface area contributed by atoms with Crippen LogP contribution in [0.3, 0.4) is 0 Å². The third kappa shape index (κ3) is 1.03. The van der Waals surface area contributed by atoms with Gasteiger partial charge in [-0.3, -0.25) is 0 Å². The van der Waals surface area contributed by atoms with Crippen LogP contribution in [0.5, 0.6) is 0 Å². The van der Waals surface area contributed by atoms with E-state index in [1.165, 1.54) is 7.11 Å². The van der Waals surface area contributed by atoms with E-state index in [9.17, 15) is 4.79 Å². The molecule has 0 aromatic rings. The summed E-state index contributed by atoms with van der Waals surface area (Å²) in [5.41, 5.74) is 0.559. The first-order valence-corrected chi connectivity index (χ1v) is 4.50. The molecular formula is C9H10O5. The Labute approximate surface area is 80.6 Å². The zero-order chi connectivity index (χ0) is 9.71. The van der Waals surface area contributed by atoms with E-state index in [2.05, 4.69) is 4.74 Å². The van der Waals surface area contributed by atoms with E-state index in [0.29, 0.717) is 5.57 Å². The van der Waals surface area contributed by atoms with Crippen molar-refractivity contribution in [2.45, 2.75) is 24.4 Å². The van der Waals surface area contributed by atoms with Crippen molar-refractivity contribution in [1.29, 1.82) is 0 Å². The quantitative estimate of drug-likeness (QED) is 0.424. The minimum absolute atomic E-state index is 0.0263. The fourth-order valence-corrected chi connectivity index (χ4v) is 2.01. The first-order valence-electron chi connectivity index (χ1n) is 4.50. The van der Waals surface area contributed by atoms with E-state index in [4.69, 9.17) is 14.2 Å². The zero-order valence-electron chi connectivity index (χ0n) is 7.64. The van der Waals surface area contributed by atoms with Crippen LogP contribution in [0.4, 0.5) is 0 Å². The van der Waals surface area contributed by atoms with Gasteiger partial charge in [-0.2, -0.15) is 0 Å². The van der Waals surface area contributed by atoms with Gasteiger partial charge in [0.2, 0.25) is 0 Å². The Morgan fingerprint density at radius 3 is 3.14 bits per heavy atom. The Balaban J connectivity index is 1.89. The molecule has 0 N–H and O–H groups in total. The van der Waals surface area contributed by atoms with Crippen LogP contribution in [-0.2, 0) is 23.7 Å². The number of carbonyl (C=O) groups excluding carboxylic acids is 1. The van der Waals surface area contributed by atoms with Gasteiger partial charge in [-0.1, -0.05) is 0 Å². The summed E-state index contributed by atoms with van der Waals surface area (Å²) in [6.45, 7) is 0.271. The predicted octanol–water partition coefficient (Wildman–Crippen LogP) is -0.392. The van der Waals surface area contributed by atoms with Gasteiger partial charge in [0, 0.05) is 0 Å². The fraction of sp³-hybridized carbons (Fsp3) is 0.667. The second kappa shape index (κ2) is 2.79. The molecule has 5 nitrogen and oxygen atoms in total. The maximum Gasteiger partial charge on any atom is 0.336 e. The monoisotopic (exact) mass is 198 g/mol. The van der Waals surface area contributed by atoms with Gasteiger partial charge in [0.1, 0.15) is 31.2 Å². The number of ether oxygens (including phenoxy) is 4. The Hall–Kier alpha value is -0.910. The Bertz CT molecular complexity index is 310. The van der Waals surface area contributed by atoms with E-state index >= 15 is 0 Å². The molecule has 2 fully saturated rings. The van der Waals surface area contributed by atoms with E-state index in [0.717, 1.165) is 0 Å². The van der Waals surface area contributed by atoms with E-state index in [1.54, 1.807) is 6.08 Å². The molecule has 4 atom stereocenters. The molecule has 1 aliphatic carbocycles. The number of esters is 1. The van der Waals surface area contributed by atoms with Crippen molar-refractivity contribution in [1.82, 2.24) is 0 Å². The average molecular weight is 198 g/mol. The van der Waals surface area contributed by atoms with Crippen LogP contribution >= 0.6 is 0 Å². The van der Waals surface area contributed by atoms with Gasteiger partial charge < -0.3 is 18.9 Å². The Morgan fingerprint density at radius 1 is 1.50 bits per heavy atom. The molecule has 76 valence electrons. The molecule has 0 radical (unpaired) electrons. The summed E-state index contributed by atoms with van der Waals surface area (Å²) in [7, 11) is 1.36. The number of carbonyl (C=O) groups is 1. The minimum atomic E-state index is -0.341. The summed E-state index contributed by atoms with van der Waals surface area (Å²) in [6.07, 6.45) is 1.37. The molecule has 0 aromatic heterocycles. The Kier molecular flexibility index (Phi) is 1.67. The molecule has 0 aromatic carbocycles. The highest BCUT2D eigenvalue weighted by Crippen LogP contribution is 2.42. The van der Waals surface area contributed by atoms with E-state index in [1.807, 2.05) is 0 Å². The van der Waals surface area contributed by atoms with Crippen molar-refractivity contribution < 1.29 is 23.7 Å². The first-order chi connectivity index (χ1) is 6.81. The lowest BCUT2D eigenvalue weighted by Crippen LogP contribution is -2.34.